The molecule has 0 radical (unpaired) electrons. The molecule has 1 fully saturated rings. The number of benzene rings is 1. The summed E-state index contributed by atoms with van der Waals surface area (Å²) in [4.78, 5) is 39.4. The van der Waals surface area contributed by atoms with Gasteiger partial charge in [-0.25, -0.2) is 4.79 Å². The van der Waals surface area contributed by atoms with Gasteiger partial charge in [0.25, 0.3) is 5.69 Å². The highest BCUT2D eigenvalue weighted by molar-refractivity contribution is 7.80. The second-order valence-corrected chi connectivity index (χ2v) is 8.89. The van der Waals surface area contributed by atoms with Crippen LogP contribution in [0.3, 0.4) is 0 Å². The first-order valence-electron chi connectivity index (χ1n) is 11.0. The molecule has 1 aromatic carbocycles. The number of amides is 2. The molecule has 2 aromatic heterocycles. The molecule has 0 aliphatic carbocycles. The largest absolute Gasteiger partial charge is 0.378 e. The molecule has 1 aliphatic heterocycles. The molecule has 1 saturated heterocycles. The number of nitrogens with zero attached hydrogens (tertiary/aromatic N) is 5. The molecule has 3 aromatic rings. The zero-order valence-corrected chi connectivity index (χ0v) is 20.6. The van der Waals surface area contributed by atoms with E-state index < -0.39 is 11.0 Å². The SMILES string of the molecule is O=C(Nc1nc(NC(=S)NCCc2cccs2)nc(N2CCOCC2)n1)Nc1ccccc1[N+](=O)[O-]. The van der Waals surface area contributed by atoms with Crippen LogP contribution in [0.15, 0.2) is 41.8 Å². The Morgan fingerprint density at radius 1 is 1.08 bits per heavy atom. The molecule has 0 saturated carbocycles. The fourth-order valence-electron chi connectivity index (χ4n) is 3.27. The lowest BCUT2D eigenvalue weighted by Gasteiger charge is -2.27. The molecule has 0 bridgehead atoms. The third kappa shape index (κ3) is 7.03. The minimum atomic E-state index is -0.744. The molecule has 13 nitrogen and oxygen atoms in total. The number of aromatic nitrogens is 3. The van der Waals surface area contributed by atoms with Crippen LogP contribution in [0.2, 0.25) is 0 Å². The normalized spacial score (nSPS) is 13.1. The van der Waals surface area contributed by atoms with Crippen molar-refractivity contribution in [2.24, 2.45) is 0 Å². The number of ether oxygens (including phenoxy) is 1. The van der Waals surface area contributed by atoms with E-state index in [4.69, 9.17) is 17.0 Å². The molecule has 2 amide bonds. The molecule has 3 heterocycles. The van der Waals surface area contributed by atoms with Gasteiger partial charge >= 0.3 is 6.03 Å². The van der Waals surface area contributed by atoms with E-state index in [-0.39, 0.29) is 23.3 Å². The summed E-state index contributed by atoms with van der Waals surface area (Å²) in [6.07, 6.45) is 0.814. The van der Waals surface area contributed by atoms with E-state index in [1.807, 2.05) is 16.3 Å². The van der Waals surface area contributed by atoms with Crippen molar-refractivity contribution in [2.75, 3.05) is 53.7 Å². The van der Waals surface area contributed by atoms with Gasteiger partial charge in [-0.3, -0.25) is 15.4 Å². The van der Waals surface area contributed by atoms with Crippen molar-refractivity contribution in [1.29, 1.82) is 0 Å². The Labute approximate surface area is 215 Å². The van der Waals surface area contributed by atoms with Gasteiger partial charge in [-0.2, -0.15) is 15.0 Å². The number of anilines is 4. The second kappa shape index (κ2) is 12.1. The fourth-order valence-corrected chi connectivity index (χ4v) is 4.18. The number of nitro groups is 1. The Morgan fingerprint density at radius 2 is 1.83 bits per heavy atom. The molecule has 4 N–H and O–H groups in total. The van der Waals surface area contributed by atoms with Crippen molar-refractivity contribution in [1.82, 2.24) is 20.3 Å². The maximum atomic E-state index is 12.6. The lowest BCUT2D eigenvalue weighted by atomic mass is 10.3. The predicted molar refractivity (Wildman–Crippen MR) is 141 cm³/mol. The number of urea groups is 1. The average molecular weight is 530 g/mol. The van der Waals surface area contributed by atoms with Gasteiger partial charge in [-0.05, 0) is 36.2 Å². The minimum Gasteiger partial charge on any atom is -0.378 e. The third-order valence-corrected chi connectivity index (χ3v) is 6.14. The number of nitro benzene ring substituents is 1. The molecular formula is C21H23N9O4S2. The van der Waals surface area contributed by atoms with E-state index >= 15 is 0 Å². The fraction of sp³-hybridized carbons (Fsp3) is 0.286. The van der Waals surface area contributed by atoms with Crippen LogP contribution in [-0.4, -0.2) is 63.9 Å². The van der Waals surface area contributed by atoms with E-state index in [2.05, 4.69) is 42.3 Å². The summed E-state index contributed by atoms with van der Waals surface area (Å²) in [5.74, 6) is 0.422. The summed E-state index contributed by atoms with van der Waals surface area (Å²) < 4.78 is 5.39. The van der Waals surface area contributed by atoms with Crippen LogP contribution in [0.5, 0.6) is 0 Å². The second-order valence-electron chi connectivity index (χ2n) is 7.45. The number of hydrogen-bond donors (Lipinski definition) is 4. The zero-order chi connectivity index (χ0) is 25.3. The smallest absolute Gasteiger partial charge is 0.326 e. The number of nitrogens with one attached hydrogen (secondary N) is 4. The molecular weight excluding hydrogens is 506 g/mol. The number of rotatable bonds is 8. The Bertz CT molecular complexity index is 1220. The molecule has 4 rings (SSSR count). The average Bonchev–Trinajstić information content (AvgIpc) is 3.38. The van der Waals surface area contributed by atoms with Gasteiger partial charge in [0.2, 0.25) is 17.8 Å². The number of thiophene rings is 1. The first-order chi connectivity index (χ1) is 17.5. The number of thiocarbonyl (C=S) groups is 1. The van der Waals surface area contributed by atoms with Crippen molar-refractivity contribution in [3.05, 3.63) is 56.8 Å². The van der Waals surface area contributed by atoms with Gasteiger partial charge in [0, 0.05) is 30.6 Å². The first-order valence-corrected chi connectivity index (χ1v) is 12.2. The van der Waals surface area contributed by atoms with Crippen LogP contribution >= 0.6 is 23.6 Å². The van der Waals surface area contributed by atoms with Crippen molar-refractivity contribution in [3.8, 4) is 0 Å². The molecule has 0 atom stereocenters. The van der Waals surface area contributed by atoms with E-state index in [1.54, 1.807) is 17.4 Å². The lowest BCUT2D eigenvalue weighted by molar-refractivity contribution is -0.383. The van der Waals surface area contributed by atoms with Crippen molar-refractivity contribution >= 4 is 63.9 Å². The molecule has 188 valence electrons. The summed E-state index contributed by atoms with van der Waals surface area (Å²) in [6, 6.07) is 9.12. The maximum absolute atomic E-state index is 12.6. The minimum absolute atomic E-state index is 0.0388. The summed E-state index contributed by atoms with van der Waals surface area (Å²) in [6.45, 7) is 2.77. The zero-order valence-electron chi connectivity index (χ0n) is 19.0. The van der Waals surface area contributed by atoms with Gasteiger partial charge in [0.05, 0.1) is 18.1 Å². The van der Waals surface area contributed by atoms with Crippen molar-refractivity contribution in [2.45, 2.75) is 6.42 Å². The van der Waals surface area contributed by atoms with Crippen LogP contribution in [0, 0.1) is 10.1 Å². The van der Waals surface area contributed by atoms with E-state index in [1.165, 1.54) is 23.1 Å². The maximum Gasteiger partial charge on any atom is 0.326 e. The van der Waals surface area contributed by atoms with Gasteiger partial charge in [0.15, 0.2) is 5.11 Å². The molecule has 0 spiro atoms. The van der Waals surface area contributed by atoms with Crippen LogP contribution in [0.4, 0.5) is 34.0 Å². The highest BCUT2D eigenvalue weighted by Crippen LogP contribution is 2.23. The van der Waals surface area contributed by atoms with Crippen molar-refractivity contribution in [3.63, 3.8) is 0 Å². The highest BCUT2D eigenvalue weighted by Gasteiger charge is 2.19. The highest BCUT2D eigenvalue weighted by atomic mass is 32.1. The summed E-state index contributed by atoms with van der Waals surface area (Å²) >= 11 is 7.04. The van der Waals surface area contributed by atoms with Gasteiger partial charge in [-0.1, -0.05) is 18.2 Å². The standard InChI is InChI=1S/C21H23N9O4S2/c31-20(23-15-5-1-2-6-16(15)30(32)33)27-17-24-18(26-19(25-17)29-9-11-34-12-10-29)28-21(35)22-8-7-14-4-3-13-36-14/h1-6,13H,7-12H2,(H4,22,23,24,25,26,27,28,31,35). The lowest BCUT2D eigenvalue weighted by Crippen LogP contribution is -2.38. The van der Waals surface area contributed by atoms with Gasteiger partial charge in [0.1, 0.15) is 5.69 Å². The number of morpholine rings is 1. The summed E-state index contributed by atoms with van der Waals surface area (Å²) in [5.41, 5.74) is -0.199. The van der Waals surface area contributed by atoms with Crippen LogP contribution in [-0.2, 0) is 11.2 Å². The monoisotopic (exact) mass is 529 g/mol. The molecule has 36 heavy (non-hydrogen) atoms. The van der Waals surface area contributed by atoms with E-state index in [0.717, 1.165) is 6.42 Å². The molecule has 0 unspecified atom stereocenters. The Balaban J connectivity index is 1.46. The topological polar surface area (TPSA) is 159 Å². The summed E-state index contributed by atoms with van der Waals surface area (Å²) in [5, 5.41) is 24.6. The van der Waals surface area contributed by atoms with Gasteiger partial charge < -0.3 is 25.6 Å². The van der Waals surface area contributed by atoms with Crippen LogP contribution in [0.25, 0.3) is 0 Å². The Morgan fingerprint density at radius 3 is 2.56 bits per heavy atom. The third-order valence-electron chi connectivity index (χ3n) is 4.95. The summed E-state index contributed by atoms with van der Waals surface area (Å²) in [7, 11) is 0. The van der Waals surface area contributed by atoms with E-state index in [9.17, 15) is 14.9 Å². The Kier molecular flexibility index (Phi) is 8.48. The van der Waals surface area contributed by atoms with E-state index in [0.29, 0.717) is 43.9 Å². The Hall–Kier alpha value is -3.95. The molecule has 1 aliphatic rings. The molecule has 15 heteroatoms. The quantitative estimate of drug-likeness (QED) is 0.193. The first kappa shape index (κ1) is 25.2. The van der Waals surface area contributed by atoms with Gasteiger partial charge in [-0.15, -0.1) is 11.3 Å². The van der Waals surface area contributed by atoms with Crippen molar-refractivity contribution < 1.29 is 14.5 Å². The number of hydrogen-bond acceptors (Lipinski definition) is 10. The number of carbonyl (C=O) groups excluding carboxylic acids is 1. The van der Waals surface area contributed by atoms with Crippen LogP contribution in [0.1, 0.15) is 4.88 Å². The predicted octanol–water partition coefficient (Wildman–Crippen LogP) is 2.85. The van der Waals surface area contributed by atoms with Crippen LogP contribution < -0.4 is 26.2 Å². The number of para-hydroxylation sites is 2. The number of carbonyl (C=O) groups is 1.